The lowest BCUT2D eigenvalue weighted by Gasteiger charge is -2.33. The van der Waals surface area contributed by atoms with Crippen molar-refractivity contribution in [3.05, 3.63) is 54.4 Å². The number of aromatic nitrogens is 1. The van der Waals surface area contributed by atoms with Gasteiger partial charge in [-0.1, -0.05) is 25.1 Å². The molecule has 3 rings (SSSR count). The minimum Gasteiger partial charge on any atom is -0.277 e. The van der Waals surface area contributed by atoms with Crippen molar-refractivity contribution in [2.24, 2.45) is 0 Å². The summed E-state index contributed by atoms with van der Waals surface area (Å²) in [6, 6.07) is 11.8. The summed E-state index contributed by atoms with van der Waals surface area (Å²) >= 11 is 0. The van der Waals surface area contributed by atoms with E-state index in [-0.39, 0.29) is 5.91 Å². The average Bonchev–Trinajstić information content (AvgIpc) is 2.82. The second kappa shape index (κ2) is 5.33. The second-order valence-corrected chi connectivity index (χ2v) is 4.85. The molecule has 1 amide bonds. The average molecular weight is 267 g/mol. The van der Waals surface area contributed by atoms with Gasteiger partial charge in [-0.2, -0.15) is 0 Å². The fourth-order valence-electron chi connectivity index (χ4n) is 2.57. The smallest absolute Gasteiger partial charge is 0.250 e. The van der Waals surface area contributed by atoms with E-state index in [0.717, 1.165) is 29.9 Å². The number of carbonyl (C=O) groups excluding carboxylic acids is 1. The number of para-hydroxylation sites is 1. The van der Waals surface area contributed by atoms with E-state index < -0.39 is 0 Å². The molecular formula is C16H17N3O. The van der Waals surface area contributed by atoms with E-state index in [1.54, 1.807) is 17.4 Å². The molecule has 0 unspecified atom stereocenters. The van der Waals surface area contributed by atoms with Crippen LogP contribution in [-0.4, -0.2) is 17.4 Å². The molecule has 4 nitrogen and oxygen atoms in total. The number of fused-ring (bicyclic) bond motifs is 1. The van der Waals surface area contributed by atoms with E-state index in [1.807, 2.05) is 41.4 Å². The van der Waals surface area contributed by atoms with Crippen LogP contribution in [0.25, 0.3) is 0 Å². The van der Waals surface area contributed by atoms with E-state index in [4.69, 9.17) is 0 Å². The number of hydrogen-bond donors (Lipinski definition) is 0. The summed E-state index contributed by atoms with van der Waals surface area (Å²) in [6.45, 7) is 2.89. The first kappa shape index (κ1) is 12.7. The van der Waals surface area contributed by atoms with Crippen LogP contribution >= 0.6 is 0 Å². The molecule has 1 aromatic carbocycles. The normalized spacial score (nSPS) is 13.4. The molecule has 0 saturated carbocycles. The molecule has 2 heterocycles. The van der Waals surface area contributed by atoms with Gasteiger partial charge in [0.05, 0.1) is 24.0 Å². The summed E-state index contributed by atoms with van der Waals surface area (Å²) in [4.78, 5) is 16.5. The Hall–Kier alpha value is -2.36. The fourth-order valence-corrected chi connectivity index (χ4v) is 2.57. The van der Waals surface area contributed by atoms with Gasteiger partial charge in [0.1, 0.15) is 0 Å². The Morgan fingerprint density at radius 1 is 1.25 bits per heavy atom. The van der Waals surface area contributed by atoms with Gasteiger partial charge in [-0.25, -0.2) is 5.01 Å². The predicted molar refractivity (Wildman–Crippen MR) is 79.5 cm³/mol. The Morgan fingerprint density at radius 3 is 2.85 bits per heavy atom. The van der Waals surface area contributed by atoms with Gasteiger partial charge in [-0.15, -0.1) is 0 Å². The Balaban J connectivity index is 2.02. The van der Waals surface area contributed by atoms with Gasteiger partial charge in [-0.05, 0) is 30.2 Å². The van der Waals surface area contributed by atoms with Gasteiger partial charge in [0.15, 0.2) is 0 Å². The number of nitrogens with zero attached hydrogens (tertiary/aromatic N) is 3. The third kappa shape index (κ3) is 2.13. The van der Waals surface area contributed by atoms with Crippen molar-refractivity contribution in [3.8, 4) is 0 Å². The highest BCUT2D eigenvalue weighted by molar-refractivity contribution is 6.03. The summed E-state index contributed by atoms with van der Waals surface area (Å²) in [5.74, 6) is 0.114. The maximum atomic E-state index is 12.4. The topological polar surface area (TPSA) is 36.4 Å². The zero-order valence-electron chi connectivity index (χ0n) is 11.5. The van der Waals surface area contributed by atoms with Gasteiger partial charge >= 0.3 is 0 Å². The molecule has 0 N–H and O–H groups in total. The molecule has 1 aliphatic rings. The van der Waals surface area contributed by atoms with E-state index in [1.165, 1.54) is 0 Å². The minimum absolute atomic E-state index is 0.114. The first-order valence-electron chi connectivity index (χ1n) is 6.89. The molecule has 0 saturated heterocycles. The van der Waals surface area contributed by atoms with Crippen LogP contribution in [0.1, 0.15) is 18.9 Å². The molecule has 0 bridgehead atoms. The molecule has 1 aromatic heterocycles. The standard InChI is InChI=1S/C16H17N3O/c1-2-10-18(14-7-5-9-17-12-14)19-15-8-4-3-6-13(15)11-16(19)20/h3-9,12H,2,10-11H2,1H3. The summed E-state index contributed by atoms with van der Waals surface area (Å²) in [5.41, 5.74) is 3.01. The number of benzene rings is 1. The van der Waals surface area contributed by atoms with E-state index in [9.17, 15) is 4.79 Å². The summed E-state index contributed by atoms with van der Waals surface area (Å²) < 4.78 is 0. The summed E-state index contributed by atoms with van der Waals surface area (Å²) in [7, 11) is 0. The second-order valence-electron chi connectivity index (χ2n) is 4.85. The lowest BCUT2D eigenvalue weighted by Crippen LogP contribution is -2.45. The van der Waals surface area contributed by atoms with Crippen LogP contribution in [0.2, 0.25) is 0 Å². The minimum atomic E-state index is 0.114. The Kier molecular flexibility index (Phi) is 3.37. The highest BCUT2D eigenvalue weighted by Gasteiger charge is 2.31. The Bertz CT molecular complexity index is 612. The molecule has 0 spiro atoms. The van der Waals surface area contributed by atoms with Gasteiger partial charge in [-0.3, -0.25) is 14.8 Å². The third-order valence-electron chi connectivity index (χ3n) is 3.42. The zero-order chi connectivity index (χ0) is 13.9. The largest absolute Gasteiger partial charge is 0.277 e. The van der Waals surface area contributed by atoms with Crippen molar-refractivity contribution in [2.45, 2.75) is 19.8 Å². The van der Waals surface area contributed by atoms with Crippen molar-refractivity contribution in [3.63, 3.8) is 0 Å². The van der Waals surface area contributed by atoms with Gasteiger partial charge in [0, 0.05) is 12.7 Å². The van der Waals surface area contributed by atoms with E-state index >= 15 is 0 Å². The van der Waals surface area contributed by atoms with Crippen molar-refractivity contribution < 1.29 is 4.79 Å². The highest BCUT2D eigenvalue weighted by atomic mass is 16.2. The van der Waals surface area contributed by atoms with Crippen LogP contribution in [0.5, 0.6) is 0 Å². The molecule has 0 fully saturated rings. The maximum absolute atomic E-state index is 12.4. The molecule has 0 aliphatic carbocycles. The lowest BCUT2D eigenvalue weighted by atomic mass is 10.2. The van der Waals surface area contributed by atoms with Crippen LogP contribution in [-0.2, 0) is 11.2 Å². The Morgan fingerprint density at radius 2 is 2.10 bits per heavy atom. The molecule has 102 valence electrons. The molecular weight excluding hydrogens is 250 g/mol. The molecule has 2 aromatic rings. The fraction of sp³-hybridized carbons (Fsp3) is 0.250. The first-order chi connectivity index (χ1) is 9.81. The number of hydrogen-bond acceptors (Lipinski definition) is 3. The predicted octanol–water partition coefficient (Wildman–Crippen LogP) is 2.80. The van der Waals surface area contributed by atoms with Gasteiger partial charge in [0.25, 0.3) is 0 Å². The number of rotatable bonds is 4. The van der Waals surface area contributed by atoms with Crippen LogP contribution in [0, 0.1) is 0 Å². The Labute approximate surface area is 118 Å². The van der Waals surface area contributed by atoms with Crippen LogP contribution in [0.4, 0.5) is 11.4 Å². The first-order valence-corrected chi connectivity index (χ1v) is 6.89. The number of carbonyl (C=O) groups is 1. The molecule has 0 atom stereocenters. The SMILES string of the molecule is CCCN(c1cccnc1)N1C(=O)Cc2ccccc21. The van der Waals surface area contributed by atoms with Crippen molar-refractivity contribution in [2.75, 3.05) is 16.6 Å². The van der Waals surface area contributed by atoms with E-state index in [0.29, 0.717) is 6.42 Å². The summed E-state index contributed by atoms with van der Waals surface area (Å²) in [6.07, 6.45) is 4.97. The van der Waals surface area contributed by atoms with Crippen molar-refractivity contribution in [1.82, 2.24) is 4.98 Å². The molecule has 20 heavy (non-hydrogen) atoms. The van der Waals surface area contributed by atoms with Crippen LogP contribution < -0.4 is 10.0 Å². The lowest BCUT2D eigenvalue weighted by molar-refractivity contribution is -0.117. The highest BCUT2D eigenvalue weighted by Crippen LogP contribution is 2.32. The van der Waals surface area contributed by atoms with Crippen LogP contribution in [0.3, 0.4) is 0 Å². The molecule has 4 heteroatoms. The zero-order valence-corrected chi connectivity index (χ0v) is 11.5. The number of pyridine rings is 1. The van der Waals surface area contributed by atoms with Crippen molar-refractivity contribution in [1.29, 1.82) is 0 Å². The summed E-state index contributed by atoms with van der Waals surface area (Å²) in [5, 5.41) is 3.80. The molecule has 0 radical (unpaired) electrons. The van der Waals surface area contributed by atoms with Gasteiger partial charge in [0.2, 0.25) is 5.91 Å². The van der Waals surface area contributed by atoms with Crippen LogP contribution in [0.15, 0.2) is 48.8 Å². The maximum Gasteiger partial charge on any atom is 0.250 e. The number of amides is 1. The van der Waals surface area contributed by atoms with Gasteiger partial charge < -0.3 is 0 Å². The quantitative estimate of drug-likeness (QED) is 0.854. The van der Waals surface area contributed by atoms with E-state index in [2.05, 4.69) is 11.9 Å². The monoisotopic (exact) mass is 267 g/mol. The number of anilines is 2. The number of hydrazine groups is 1. The molecule has 1 aliphatic heterocycles. The third-order valence-corrected chi connectivity index (χ3v) is 3.42. The van der Waals surface area contributed by atoms with Crippen molar-refractivity contribution >= 4 is 17.3 Å².